The summed E-state index contributed by atoms with van der Waals surface area (Å²) in [5.41, 5.74) is 2.05. The molecular formula is C17H25N5. The molecule has 0 bridgehead atoms. The summed E-state index contributed by atoms with van der Waals surface area (Å²) >= 11 is 0. The maximum Gasteiger partial charge on any atom is 0.165 e. The van der Waals surface area contributed by atoms with Crippen molar-refractivity contribution in [1.82, 2.24) is 19.5 Å². The molecule has 4 rings (SSSR count). The van der Waals surface area contributed by atoms with Gasteiger partial charge in [0.1, 0.15) is 12.2 Å². The van der Waals surface area contributed by atoms with Crippen LogP contribution in [0.2, 0.25) is 0 Å². The highest BCUT2D eigenvalue weighted by Crippen LogP contribution is 2.30. The van der Waals surface area contributed by atoms with Gasteiger partial charge in [0.05, 0.1) is 0 Å². The molecule has 0 spiro atoms. The first-order valence-electron chi connectivity index (χ1n) is 8.67. The average Bonchev–Trinajstić information content (AvgIpc) is 2.68. The Morgan fingerprint density at radius 3 is 2.68 bits per heavy atom. The van der Waals surface area contributed by atoms with E-state index in [9.17, 15) is 0 Å². The van der Waals surface area contributed by atoms with Crippen molar-refractivity contribution in [2.75, 3.05) is 18.0 Å². The van der Waals surface area contributed by atoms with Gasteiger partial charge in [-0.25, -0.2) is 15.0 Å². The maximum atomic E-state index is 4.93. The van der Waals surface area contributed by atoms with Crippen molar-refractivity contribution >= 4 is 17.0 Å². The SMILES string of the molecule is CC1CC(C)CN(c2ncnc3c2nc2n3CCCCC2)C1. The monoisotopic (exact) mass is 299 g/mol. The van der Waals surface area contributed by atoms with Crippen molar-refractivity contribution < 1.29 is 0 Å². The summed E-state index contributed by atoms with van der Waals surface area (Å²) in [6, 6.07) is 0. The van der Waals surface area contributed by atoms with Crippen LogP contribution in [-0.2, 0) is 13.0 Å². The number of fused-ring (bicyclic) bond motifs is 3. The summed E-state index contributed by atoms with van der Waals surface area (Å²) < 4.78 is 2.32. The molecule has 0 saturated carbocycles. The molecule has 22 heavy (non-hydrogen) atoms. The van der Waals surface area contributed by atoms with Crippen LogP contribution in [-0.4, -0.2) is 32.6 Å². The van der Waals surface area contributed by atoms with Crippen molar-refractivity contribution in [1.29, 1.82) is 0 Å². The van der Waals surface area contributed by atoms with Gasteiger partial charge in [0.15, 0.2) is 17.0 Å². The topological polar surface area (TPSA) is 46.8 Å². The molecular weight excluding hydrogens is 274 g/mol. The van der Waals surface area contributed by atoms with Crippen LogP contribution in [0.3, 0.4) is 0 Å². The van der Waals surface area contributed by atoms with Gasteiger partial charge in [0.2, 0.25) is 0 Å². The molecule has 5 heteroatoms. The predicted octanol–water partition coefficient (Wildman–Crippen LogP) is 3.04. The van der Waals surface area contributed by atoms with Gasteiger partial charge in [-0.2, -0.15) is 0 Å². The molecule has 2 aromatic rings. The molecule has 0 aromatic carbocycles. The number of aryl methyl sites for hydroxylation is 2. The number of hydrogen-bond acceptors (Lipinski definition) is 4. The first-order valence-corrected chi connectivity index (χ1v) is 8.67. The van der Waals surface area contributed by atoms with Gasteiger partial charge in [-0.3, -0.25) is 0 Å². The minimum Gasteiger partial charge on any atom is -0.354 e. The molecule has 2 aliphatic rings. The number of hydrogen-bond donors (Lipinski definition) is 0. The van der Waals surface area contributed by atoms with E-state index in [1.807, 2.05) is 0 Å². The number of nitrogens with zero attached hydrogens (tertiary/aromatic N) is 5. The smallest absolute Gasteiger partial charge is 0.165 e. The summed E-state index contributed by atoms with van der Waals surface area (Å²) in [7, 11) is 0. The molecule has 4 heterocycles. The van der Waals surface area contributed by atoms with E-state index in [1.54, 1.807) is 6.33 Å². The van der Waals surface area contributed by atoms with E-state index in [2.05, 4.69) is 33.3 Å². The van der Waals surface area contributed by atoms with Gasteiger partial charge >= 0.3 is 0 Å². The molecule has 5 nitrogen and oxygen atoms in total. The molecule has 118 valence electrons. The molecule has 1 fully saturated rings. The Morgan fingerprint density at radius 1 is 1.05 bits per heavy atom. The molecule has 0 aliphatic carbocycles. The van der Waals surface area contributed by atoms with Gasteiger partial charge in [0.25, 0.3) is 0 Å². The van der Waals surface area contributed by atoms with Crippen LogP contribution in [0.5, 0.6) is 0 Å². The lowest BCUT2D eigenvalue weighted by atomic mass is 9.92. The van der Waals surface area contributed by atoms with Gasteiger partial charge in [0, 0.05) is 26.1 Å². The van der Waals surface area contributed by atoms with Gasteiger partial charge in [-0.05, 0) is 31.1 Å². The van der Waals surface area contributed by atoms with E-state index >= 15 is 0 Å². The highest BCUT2D eigenvalue weighted by molar-refractivity contribution is 5.84. The fraction of sp³-hybridized carbons (Fsp3) is 0.706. The van der Waals surface area contributed by atoms with Crippen LogP contribution >= 0.6 is 0 Å². The van der Waals surface area contributed by atoms with Gasteiger partial charge < -0.3 is 9.47 Å². The van der Waals surface area contributed by atoms with E-state index in [1.165, 1.54) is 31.5 Å². The van der Waals surface area contributed by atoms with Crippen molar-refractivity contribution in [3.63, 3.8) is 0 Å². The van der Waals surface area contributed by atoms with Crippen molar-refractivity contribution in [2.24, 2.45) is 11.8 Å². The summed E-state index contributed by atoms with van der Waals surface area (Å²) in [5.74, 6) is 3.68. The molecule has 2 aliphatic heterocycles. The molecule has 2 unspecified atom stereocenters. The highest BCUT2D eigenvalue weighted by Gasteiger charge is 2.26. The van der Waals surface area contributed by atoms with E-state index in [4.69, 9.17) is 4.98 Å². The second kappa shape index (κ2) is 5.52. The molecule has 2 atom stereocenters. The quantitative estimate of drug-likeness (QED) is 0.812. The van der Waals surface area contributed by atoms with Gasteiger partial charge in [-0.15, -0.1) is 0 Å². The minimum absolute atomic E-state index is 0.717. The van der Waals surface area contributed by atoms with E-state index in [0.717, 1.165) is 43.0 Å². The standard InChI is InChI=1S/C17H25N5/c1-12-8-13(2)10-21(9-12)16-15-17(19-11-18-16)22-7-5-3-4-6-14(22)20-15/h11-13H,3-10H2,1-2H3. The van der Waals surface area contributed by atoms with Crippen molar-refractivity contribution in [3.8, 4) is 0 Å². The van der Waals surface area contributed by atoms with E-state index in [0.29, 0.717) is 11.8 Å². The number of rotatable bonds is 1. The van der Waals surface area contributed by atoms with Crippen LogP contribution in [0.25, 0.3) is 11.2 Å². The van der Waals surface area contributed by atoms with Crippen LogP contribution < -0.4 is 4.90 Å². The third-order valence-corrected chi connectivity index (χ3v) is 5.04. The second-order valence-electron chi connectivity index (χ2n) is 7.21. The van der Waals surface area contributed by atoms with E-state index in [-0.39, 0.29) is 0 Å². The summed E-state index contributed by atoms with van der Waals surface area (Å²) in [4.78, 5) is 16.5. The zero-order chi connectivity index (χ0) is 15.1. The predicted molar refractivity (Wildman–Crippen MR) is 88.0 cm³/mol. The van der Waals surface area contributed by atoms with Crippen LogP contribution in [0.15, 0.2) is 6.33 Å². The van der Waals surface area contributed by atoms with Gasteiger partial charge in [-0.1, -0.05) is 20.3 Å². The first kappa shape index (κ1) is 14.0. The number of aromatic nitrogens is 4. The third kappa shape index (κ3) is 2.36. The number of piperidine rings is 1. The summed E-state index contributed by atoms with van der Waals surface area (Å²) in [6.07, 6.45) is 7.87. The number of anilines is 1. The largest absolute Gasteiger partial charge is 0.354 e. The van der Waals surface area contributed by atoms with Crippen LogP contribution in [0.4, 0.5) is 5.82 Å². The third-order valence-electron chi connectivity index (χ3n) is 5.04. The van der Waals surface area contributed by atoms with E-state index < -0.39 is 0 Å². The Morgan fingerprint density at radius 2 is 1.86 bits per heavy atom. The highest BCUT2D eigenvalue weighted by atomic mass is 15.2. The second-order valence-corrected chi connectivity index (χ2v) is 7.21. The fourth-order valence-electron chi connectivity index (χ4n) is 4.19. The molecule has 0 radical (unpaired) electrons. The van der Waals surface area contributed by atoms with Crippen LogP contribution in [0, 0.1) is 11.8 Å². The zero-order valence-electron chi connectivity index (χ0n) is 13.6. The first-order chi connectivity index (χ1) is 10.7. The lowest BCUT2D eigenvalue weighted by Crippen LogP contribution is -2.39. The van der Waals surface area contributed by atoms with Crippen LogP contribution in [0.1, 0.15) is 45.4 Å². The lowest BCUT2D eigenvalue weighted by Gasteiger charge is -2.35. The Labute approximate surface area is 131 Å². The Kier molecular flexibility index (Phi) is 3.51. The lowest BCUT2D eigenvalue weighted by molar-refractivity contribution is 0.355. The molecule has 0 N–H and O–H groups in total. The minimum atomic E-state index is 0.717. The number of imidazole rings is 1. The fourth-order valence-corrected chi connectivity index (χ4v) is 4.19. The zero-order valence-corrected chi connectivity index (χ0v) is 13.6. The normalized spacial score (nSPS) is 26.0. The Balaban J connectivity index is 1.78. The molecule has 1 saturated heterocycles. The Bertz CT molecular complexity index is 667. The summed E-state index contributed by atoms with van der Waals surface area (Å²) in [6.45, 7) is 7.89. The van der Waals surface area contributed by atoms with Crippen molar-refractivity contribution in [2.45, 2.75) is 52.5 Å². The maximum absolute atomic E-state index is 4.93. The van der Waals surface area contributed by atoms with Crippen molar-refractivity contribution in [3.05, 3.63) is 12.2 Å². The average molecular weight is 299 g/mol. The summed E-state index contributed by atoms with van der Waals surface area (Å²) in [5, 5.41) is 0. The Hall–Kier alpha value is -1.65. The molecule has 0 amide bonds. The molecule has 2 aromatic heterocycles.